The first-order valence-electron chi connectivity index (χ1n) is 6.45. The second-order valence-electron chi connectivity index (χ2n) is 4.68. The topological polar surface area (TPSA) is 59.2 Å². The van der Waals surface area contributed by atoms with E-state index in [1.165, 1.54) is 4.90 Å². The number of nitrogens with zero attached hydrogens (tertiary/aromatic N) is 3. The first-order valence-corrected chi connectivity index (χ1v) is 7.20. The summed E-state index contributed by atoms with van der Waals surface area (Å²) in [7, 11) is 1.66. The monoisotopic (exact) mass is 327 g/mol. The van der Waals surface area contributed by atoms with Gasteiger partial charge in [0.25, 0.3) is 5.91 Å². The molecule has 0 saturated heterocycles. The van der Waals surface area contributed by atoms with Crippen LogP contribution in [-0.2, 0) is 13.0 Å². The summed E-state index contributed by atoms with van der Waals surface area (Å²) in [4.78, 5) is 18.0. The van der Waals surface area contributed by atoms with Crippen LogP contribution < -0.4 is 0 Å². The van der Waals surface area contributed by atoms with Crippen molar-refractivity contribution in [3.63, 3.8) is 0 Å². The fourth-order valence-electron chi connectivity index (χ4n) is 1.77. The highest BCUT2D eigenvalue weighted by molar-refractivity contribution is 6.36. The summed E-state index contributed by atoms with van der Waals surface area (Å²) >= 11 is 12.1. The van der Waals surface area contributed by atoms with Gasteiger partial charge in [-0.3, -0.25) is 4.79 Å². The molecule has 0 spiro atoms. The number of amides is 1. The minimum absolute atomic E-state index is 0.207. The summed E-state index contributed by atoms with van der Waals surface area (Å²) in [5.74, 6) is 0.806. The molecule has 0 atom stereocenters. The highest BCUT2D eigenvalue weighted by Crippen LogP contribution is 2.26. The first kappa shape index (κ1) is 15.8. The molecule has 1 heterocycles. The fraction of sp³-hybridized carbons (Fsp3) is 0.357. The van der Waals surface area contributed by atoms with Gasteiger partial charge in [-0.1, -0.05) is 35.3 Å². The van der Waals surface area contributed by atoms with Gasteiger partial charge in [-0.2, -0.15) is 4.98 Å². The number of halogens is 2. The summed E-state index contributed by atoms with van der Waals surface area (Å²) in [5, 5.41) is 4.75. The normalized spacial score (nSPS) is 10.7. The lowest BCUT2D eigenvalue weighted by Crippen LogP contribution is -2.26. The van der Waals surface area contributed by atoms with Crippen LogP contribution in [0.25, 0.3) is 0 Å². The van der Waals surface area contributed by atoms with Crippen molar-refractivity contribution in [2.45, 2.75) is 26.8 Å². The quantitative estimate of drug-likeness (QED) is 0.862. The van der Waals surface area contributed by atoms with E-state index in [-0.39, 0.29) is 12.5 Å². The fourth-order valence-corrected chi connectivity index (χ4v) is 2.26. The Morgan fingerprint density at radius 1 is 1.33 bits per heavy atom. The number of aromatic nitrogens is 2. The number of rotatable bonds is 4. The molecule has 0 bridgehead atoms. The van der Waals surface area contributed by atoms with E-state index in [0.29, 0.717) is 33.7 Å². The largest absolute Gasteiger partial charge is 0.339 e. The van der Waals surface area contributed by atoms with Gasteiger partial charge < -0.3 is 9.42 Å². The van der Waals surface area contributed by atoms with Crippen molar-refractivity contribution in [2.75, 3.05) is 7.05 Å². The van der Waals surface area contributed by atoms with Crippen molar-refractivity contribution < 1.29 is 9.32 Å². The van der Waals surface area contributed by atoms with Crippen molar-refractivity contribution in [2.24, 2.45) is 0 Å². The molecule has 2 rings (SSSR count). The average Bonchev–Trinajstić information content (AvgIpc) is 2.90. The van der Waals surface area contributed by atoms with Crippen LogP contribution in [0.4, 0.5) is 0 Å². The Morgan fingerprint density at radius 2 is 1.95 bits per heavy atom. The van der Waals surface area contributed by atoms with Crippen LogP contribution in [0.1, 0.15) is 34.6 Å². The van der Waals surface area contributed by atoms with E-state index in [1.54, 1.807) is 26.1 Å². The van der Waals surface area contributed by atoms with Gasteiger partial charge >= 0.3 is 0 Å². The Labute approximate surface area is 132 Å². The van der Waals surface area contributed by atoms with Gasteiger partial charge in [0.2, 0.25) is 5.89 Å². The van der Waals surface area contributed by atoms with Crippen molar-refractivity contribution in [3.05, 3.63) is 45.0 Å². The second-order valence-corrected chi connectivity index (χ2v) is 5.50. The Kier molecular flexibility index (Phi) is 4.85. The Balaban J connectivity index is 2.15. The molecule has 1 aromatic carbocycles. The maximum Gasteiger partial charge on any atom is 0.254 e. The zero-order valence-corrected chi connectivity index (χ0v) is 13.5. The van der Waals surface area contributed by atoms with E-state index < -0.39 is 0 Å². The van der Waals surface area contributed by atoms with Gasteiger partial charge in [0, 0.05) is 29.1 Å². The van der Waals surface area contributed by atoms with Crippen LogP contribution in [0.3, 0.4) is 0 Å². The molecule has 2 aromatic rings. The van der Waals surface area contributed by atoms with Gasteiger partial charge in [0.1, 0.15) is 0 Å². The molecule has 0 fully saturated rings. The number of hydrogen-bond acceptors (Lipinski definition) is 4. The zero-order chi connectivity index (χ0) is 15.6. The Morgan fingerprint density at radius 3 is 2.48 bits per heavy atom. The number of carbonyl (C=O) groups is 1. The molecule has 1 amide bonds. The summed E-state index contributed by atoms with van der Waals surface area (Å²) in [5.41, 5.74) is 1.18. The minimum Gasteiger partial charge on any atom is -0.339 e. The predicted octanol–water partition coefficient (Wildman–Crippen LogP) is 3.52. The van der Waals surface area contributed by atoms with Crippen LogP contribution >= 0.6 is 23.2 Å². The first-order chi connectivity index (χ1) is 9.92. The molecule has 7 heteroatoms. The summed E-state index contributed by atoms with van der Waals surface area (Å²) in [6, 6.07) is 3.21. The smallest absolute Gasteiger partial charge is 0.254 e. The van der Waals surface area contributed by atoms with Crippen molar-refractivity contribution in [1.29, 1.82) is 0 Å². The number of carbonyl (C=O) groups excluding carboxylic acids is 1. The van der Waals surface area contributed by atoms with Crippen molar-refractivity contribution in [3.8, 4) is 0 Å². The standard InChI is InChI=1S/C14H15Cl2N3O2/c1-4-13-17-12(18-21-13)7-19(3)14(20)9-5-10(15)8(2)11(16)6-9/h5-6H,4,7H2,1-3H3. The molecule has 5 nitrogen and oxygen atoms in total. The number of aryl methyl sites for hydroxylation is 1. The van der Waals surface area contributed by atoms with Crippen LogP contribution in [0, 0.1) is 6.92 Å². The molecule has 0 aliphatic rings. The summed E-state index contributed by atoms with van der Waals surface area (Å²) in [6.07, 6.45) is 0.661. The third-order valence-electron chi connectivity index (χ3n) is 3.07. The predicted molar refractivity (Wildman–Crippen MR) is 80.7 cm³/mol. The van der Waals surface area contributed by atoms with Crippen LogP contribution in [0.5, 0.6) is 0 Å². The number of benzene rings is 1. The van der Waals surface area contributed by atoms with E-state index in [2.05, 4.69) is 10.1 Å². The van der Waals surface area contributed by atoms with E-state index in [1.807, 2.05) is 6.92 Å². The Hall–Kier alpha value is -1.59. The third kappa shape index (κ3) is 3.54. The van der Waals surface area contributed by atoms with Gasteiger partial charge in [0.15, 0.2) is 5.82 Å². The molecule has 21 heavy (non-hydrogen) atoms. The van der Waals surface area contributed by atoms with E-state index in [9.17, 15) is 4.79 Å². The average molecular weight is 328 g/mol. The van der Waals surface area contributed by atoms with Gasteiger partial charge in [0.05, 0.1) is 6.54 Å². The lowest BCUT2D eigenvalue weighted by Gasteiger charge is -2.16. The van der Waals surface area contributed by atoms with Gasteiger partial charge in [-0.05, 0) is 24.6 Å². The molecular formula is C14H15Cl2N3O2. The van der Waals surface area contributed by atoms with Gasteiger partial charge in [-0.25, -0.2) is 0 Å². The summed E-state index contributed by atoms with van der Waals surface area (Å²) in [6.45, 7) is 3.97. The maximum atomic E-state index is 12.4. The molecule has 0 unspecified atom stereocenters. The SMILES string of the molecule is CCc1nc(CN(C)C(=O)c2cc(Cl)c(C)c(Cl)c2)no1. The molecule has 1 aromatic heterocycles. The third-order valence-corrected chi connectivity index (χ3v) is 3.85. The van der Waals surface area contributed by atoms with Crippen LogP contribution in [-0.4, -0.2) is 28.0 Å². The molecule has 0 aliphatic carbocycles. The lowest BCUT2D eigenvalue weighted by atomic mass is 10.1. The lowest BCUT2D eigenvalue weighted by molar-refractivity contribution is 0.0780. The zero-order valence-electron chi connectivity index (χ0n) is 12.0. The minimum atomic E-state index is -0.207. The molecular weight excluding hydrogens is 313 g/mol. The molecule has 0 N–H and O–H groups in total. The molecule has 112 valence electrons. The van der Waals surface area contributed by atoms with E-state index in [4.69, 9.17) is 27.7 Å². The van der Waals surface area contributed by atoms with E-state index >= 15 is 0 Å². The van der Waals surface area contributed by atoms with Gasteiger partial charge in [-0.15, -0.1) is 0 Å². The highest BCUT2D eigenvalue weighted by Gasteiger charge is 2.17. The number of hydrogen-bond donors (Lipinski definition) is 0. The second kappa shape index (κ2) is 6.45. The van der Waals surface area contributed by atoms with Crippen molar-refractivity contribution >= 4 is 29.1 Å². The Bertz CT molecular complexity index is 647. The van der Waals surface area contributed by atoms with Crippen molar-refractivity contribution in [1.82, 2.24) is 15.0 Å². The molecule has 0 radical (unpaired) electrons. The van der Waals surface area contributed by atoms with E-state index in [0.717, 1.165) is 5.56 Å². The highest BCUT2D eigenvalue weighted by atomic mass is 35.5. The van der Waals surface area contributed by atoms with Crippen LogP contribution in [0.2, 0.25) is 10.0 Å². The molecule has 0 aliphatic heterocycles. The maximum absolute atomic E-state index is 12.4. The van der Waals surface area contributed by atoms with Crippen LogP contribution in [0.15, 0.2) is 16.7 Å². The molecule has 0 saturated carbocycles. The summed E-state index contributed by atoms with van der Waals surface area (Å²) < 4.78 is 5.01.